The van der Waals surface area contributed by atoms with E-state index in [0.717, 1.165) is 5.69 Å². The van der Waals surface area contributed by atoms with Crippen molar-refractivity contribution in [1.29, 1.82) is 5.26 Å². The molecule has 1 aliphatic heterocycles. The number of aliphatic hydroxyl groups is 1. The number of nitrogens with zero attached hydrogens (tertiary/aromatic N) is 5. The minimum absolute atomic E-state index is 0.0263. The summed E-state index contributed by atoms with van der Waals surface area (Å²) in [7, 11) is 0. The first-order chi connectivity index (χ1) is 15.4. The molecule has 1 saturated heterocycles. The van der Waals surface area contributed by atoms with Crippen molar-refractivity contribution < 1.29 is 10.0 Å². The van der Waals surface area contributed by atoms with E-state index < -0.39 is 4.92 Å². The Morgan fingerprint density at radius 1 is 1.19 bits per heavy atom. The third-order valence-electron chi connectivity index (χ3n) is 5.36. The first-order valence-corrected chi connectivity index (χ1v) is 10.3. The van der Waals surface area contributed by atoms with Crippen LogP contribution in [0.2, 0.25) is 0 Å². The molecule has 3 aromatic rings. The second-order valence-corrected chi connectivity index (χ2v) is 7.71. The molecule has 0 saturated carbocycles. The van der Waals surface area contributed by atoms with Gasteiger partial charge in [-0.15, -0.1) is 0 Å². The molecule has 1 aromatic heterocycles. The number of aryl methyl sites for hydroxylation is 1. The molecule has 4 rings (SSSR count). The van der Waals surface area contributed by atoms with Crippen LogP contribution in [0.3, 0.4) is 0 Å². The van der Waals surface area contributed by atoms with Crippen LogP contribution in [0.25, 0.3) is 11.4 Å². The van der Waals surface area contributed by atoms with Gasteiger partial charge in [0.2, 0.25) is 0 Å². The number of aliphatic hydroxyl groups excluding tert-OH is 1. The maximum atomic E-state index is 11.1. The zero-order valence-corrected chi connectivity index (χ0v) is 17.5. The number of hydrogen-bond acceptors (Lipinski definition) is 8. The Labute approximate surface area is 185 Å². The molecule has 0 atom stereocenters. The summed E-state index contributed by atoms with van der Waals surface area (Å²) in [6, 6.07) is 15.8. The van der Waals surface area contributed by atoms with Crippen molar-refractivity contribution in [3.63, 3.8) is 0 Å². The van der Waals surface area contributed by atoms with E-state index in [1.807, 2.05) is 19.1 Å². The summed E-state index contributed by atoms with van der Waals surface area (Å²) in [6.07, 6.45) is 1.09. The lowest BCUT2D eigenvalue weighted by molar-refractivity contribution is -0.384. The molecule has 2 N–H and O–H groups in total. The monoisotopic (exact) mass is 430 g/mol. The molecule has 0 unspecified atom stereocenters. The molecule has 1 aliphatic rings. The van der Waals surface area contributed by atoms with Crippen molar-refractivity contribution in [1.82, 2.24) is 9.97 Å². The van der Waals surface area contributed by atoms with Crippen molar-refractivity contribution in [2.75, 3.05) is 23.3 Å². The summed E-state index contributed by atoms with van der Waals surface area (Å²) < 4.78 is 0. The molecule has 9 heteroatoms. The second-order valence-electron chi connectivity index (χ2n) is 7.71. The van der Waals surface area contributed by atoms with Crippen LogP contribution in [0, 0.1) is 28.4 Å². The predicted molar refractivity (Wildman–Crippen MR) is 121 cm³/mol. The molecule has 32 heavy (non-hydrogen) atoms. The lowest BCUT2D eigenvalue weighted by Crippen LogP contribution is -2.36. The highest BCUT2D eigenvalue weighted by atomic mass is 16.6. The minimum Gasteiger partial charge on any atom is -0.393 e. The minimum atomic E-state index is -0.452. The Morgan fingerprint density at radius 2 is 1.97 bits per heavy atom. The summed E-state index contributed by atoms with van der Waals surface area (Å²) in [5.41, 5.74) is 3.31. The Bertz CT molecular complexity index is 1200. The Morgan fingerprint density at radius 3 is 2.69 bits per heavy atom. The van der Waals surface area contributed by atoms with E-state index in [2.05, 4.69) is 26.3 Å². The van der Waals surface area contributed by atoms with Crippen LogP contribution in [-0.2, 0) is 0 Å². The number of non-ortho nitro benzene ring substituents is 1. The fourth-order valence-corrected chi connectivity index (χ4v) is 3.75. The Balaban J connectivity index is 1.60. The van der Waals surface area contributed by atoms with Crippen molar-refractivity contribution >= 4 is 22.9 Å². The molecule has 2 aromatic carbocycles. The smallest absolute Gasteiger partial charge is 0.270 e. The van der Waals surface area contributed by atoms with Gasteiger partial charge in [0.15, 0.2) is 5.82 Å². The largest absolute Gasteiger partial charge is 0.393 e. The van der Waals surface area contributed by atoms with Crippen molar-refractivity contribution in [3.8, 4) is 17.5 Å². The molecule has 0 amide bonds. The Kier molecular flexibility index (Phi) is 5.96. The zero-order valence-electron chi connectivity index (χ0n) is 17.5. The SMILES string of the molecule is Cc1cc(Nc2ccc(N3CCC(O)CC3)c(C#N)c2)nc(-c2cccc([N+](=O)[O-])c2)n1. The lowest BCUT2D eigenvalue weighted by atomic mass is 10.0. The first kappa shape index (κ1) is 21.2. The molecule has 0 aliphatic carbocycles. The van der Waals surface area contributed by atoms with Gasteiger partial charge < -0.3 is 15.3 Å². The van der Waals surface area contributed by atoms with Gasteiger partial charge >= 0.3 is 0 Å². The van der Waals surface area contributed by atoms with E-state index in [-0.39, 0.29) is 11.8 Å². The van der Waals surface area contributed by atoms with Crippen LogP contribution < -0.4 is 10.2 Å². The number of aromatic nitrogens is 2. The van der Waals surface area contributed by atoms with E-state index >= 15 is 0 Å². The number of hydrogen-bond donors (Lipinski definition) is 2. The van der Waals surface area contributed by atoms with Gasteiger partial charge in [-0.3, -0.25) is 10.1 Å². The number of anilines is 3. The van der Waals surface area contributed by atoms with E-state index in [9.17, 15) is 20.5 Å². The van der Waals surface area contributed by atoms with E-state index in [0.29, 0.717) is 60.1 Å². The highest BCUT2D eigenvalue weighted by Gasteiger charge is 2.20. The van der Waals surface area contributed by atoms with Crippen LogP contribution in [0.4, 0.5) is 22.9 Å². The molecule has 0 bridgehead atoms. The van der Waals surface area contributed by atoms with Crippen molar-refractivity contribution in [2.45, 2.75) is 25.9 Å². The van der Waals surface area contributed by atoms with Gasteiger partial charge in [-0.1, -0.05) is 12.1 Å². The number of benzene rings is 2. The molecule has 1 fully saturated rings. The van der Waals surface area contributed by atoms with Gasteiger partial charge in [0.25, 0.3) is 5.69 Å². The predicted octanol–water partition coefficient (Wildman–Crippen LogP) is 3.94. The van der Waals surface area contributed by atoms with Gasteiger partial charge in [0.05, 0.1) is 22.3 Å². The molecule has 9 nitrogen and oxygen atoms in total. The third-order valence-corrected chi connectivity index (χ3v) is 5.36. The third kappa shape index (κ3) is 4.66. The summed E-state index contributed by atoms with van der Waals surface area (Å²) in [5, 5.41) is 33.7. The Hall–Kier alpha value is -4.03. The normalized spacial score (nSPS) is 14.1. The lowest BCUT2D eigenvalue weighted by Gasteiger charge is -2.32. The molecular formula is C23H22N6O3. The van der Waals surface area contributed by atoms with E-state index in [1.54, 1.807) is 24.3 Å². The number of nitrogens with one attached hydrogen (secondary N) is 1. The standard InChI is InChI=1S/C23H22N6O3/c1-15-11-22(27-23(25-15)16-3-2-4-19(13-16)29(31)32)26-18-5-6-21(17(12-18)14-24)28-9-7-20(30)8-10-28/h2-6,11-13,20,30H,7-10H2,1H3,(H,25,26,27). The number of piperidine rings is 1. The van der Waals surface area contributed by atoms with Crippen LogP contribution in [-0.4, -0.2) is 39.2 Å². The topological polar surface area (TPSA) is 128 Å². The number of rotatable bonds is 5. The number of nitro groups is 1. The van der Waals surface area contributed by atoms with Gasteiger partial charge in [0, 0.05) is 48.2 Å². The van der Waals surface area contributed by atoms with Crippen molar-refractivity contribution in [3.05, 3.63) is 69.9 Å². The fraction of sp³-hybridized carbons (Fsp3) is 0.261. The second kappa shape index (κ2) is 8.99. The molecule has 0 spiro atoms. The summed E-state index contributed by atoms with van der Waals surface area (Å²) in [4.78, 5) is 21.7. The summed E-state index contributed by atoms with van der Waals surface area (Å²) >= 11 is 0. The molecule has 162 valence electrons. The average Bonchev–Trinajstić information content (AvgIpc) is 2.79. The van der Waals surface area contributed by atoms with Crippen LogP contribution in [0.15, 0.2) is 48.5 Å². The number of nitro benzene ring substituents is 1. The zero-order chi connectivity index (χ0) is 22.7. The first-order valence-electron chi connectivity index (χ1n) is 10.3. The highest BCUT2D eigenvalue weighted by molar-refractivity contribution is 5.69. The molecular weight excluding hydrogens is 408 g/mol. The van der Waals surface area contributed by atoms with Crippen LogP contribution in [0.1, 0.15) is 24.1 Å². The maximum Gasteiger partial charge on any atom is 0.270 e. The van der Waals surface area contributed by atoms with Crippen molar-refractivity contribution in [2.24, 2.45) is 0 Å². The molecule has 0 radical (unpaired) electrons. The average molecular weight is 430 g/mol. The molecule has 2 heterocycles. The van der Waals surface area contributed by atoms with Gasteiger partial charge in [0.1, 0.15) is 11.9 Å². The summed E-state index contributed by atoms with van der Waals surface area (Å²) in [6.45, 7) is 3.24. The quantitative estimate of drug-likeness (QED) is 0.460. The highest BCUT2D eigenvalue weighted by Crippen LogP contribution is 2.29. The van der Waals surface area contributed by atoms with Gasteiger partial charge in [-0.2, -0.15) is 5.26 Å². The van der Waals surface area contributed by atoms with E-state index in [1.165, 1.54) is 12.1 Å². The van der Waals surface area contributed by atoms with Gasteiger partial charge in [-0.25, -0.2) is 9.97 Å². The van der Waals surface area contributed by atoms with Crippen LogP contribution >= 0.6 is 0 Å². The van der Waals surface area contributed by atoms with E-state index in [4.69, 9.17) is 0 Å². The van der Waals surface area contributed by atoms with Crippen LogP contribution in [0.5, 0.6) is 0 Å². The number of nitriles is 1. The fourth-order valence-electron chi connectivity index (χ4n) is 3.75. The summed E-state index contributed by atoms with van der Waals surface area (Å²) in [5.74, 6) is 0.900. The van der Waals surface area contributed by atoms with Gasteiger partial charge in [-0.05, 0) is 38.0 Å². The maximum absolute atomic E-state index is 11.1.